The molecule has 1 N–H and O–H groups in total. The molecule has 0 spiro atoms. The molecule has 0 saturated carbocycles. The summed E-state index contributed by atoms with van der Waals surface area (Å²) in [4.78, 5) is 35.8. The largest absolute Gasteiger partial charge is 0.472 e. The lowest BCUT2D eigenvalue weighted by Gasteiger charge is -2.24. The van der Waals surface area contributed by atoms with E-state index >= 15 is 0 Å². The first-order valence-corrected chi connectivity index (χ1v) is 35.7. The Hall–Kier alpha value is -4.37. The fourth-order valence-corrected chi connectivity index (χ4v) is 9.56. The maximum atomic E-state index is 12.9. The van der Waals surface area contributed by atoms with Gasteiger partial charge < -0.3 is 18.9 Å². The van der Waals surface area contributed by atoms with E-state index in [2.05, 4.69) is 172 Å². The fraction of sp³-hybridized carbons (Fsp3) is 0.632. The maximum absolute atomic E-state index is 12.9. The van der Waals surface area contributed by atoms with E-state index in [1.807, 2.05) is 21.1 Å². The summed E-state index contributed by atoms with van der Waals surface area (Å²) in [6.45, 7) is 4.28. The van der Waals surface area contributed by atoms with Crippen molar-refractivity contribution in [2.45, 2.75) is 264 Å². The third kappa shape index (κ3) is 68.7. The van der Waals surface area contributed by atoms with Crippen LogP contribution in [0.3, 0.4) is 0 Å². The minimum Gasteiger partial charge on any atom is -0.462 e. The number of carbonyl (C=O) groups excluding carboxylic acids is 2. The van der Waals surface area contributed by atoms with Gasteiger partial charge in [-0.25, -0.2) is 4.57 Å². The lowest BCUT2D eigenvalue weighted by atomic mass is 10.1. The Morgan fingerprint density at radius 2 is 0.663 bits per heavy atom. The lowest BCUT2D eigenvalue weighted by Crippen LogP contribution is -2.37. The Kier molecular flexibility index (Phi) is 61.8. The number of rotatable bonds is 61. The van der Waals surface area contributed by atoms with Crippen LogP contribution in [0.25, 0.3) is 0 Å². The van der Waals surface area contributed by atoms with Gasteiger partial charge in [0.2, 0.25) is 0 Å². The predicted molar refractivity (Wildman–Crippen MR) is 371 cm³/mol. The maximum Gasteiger partial charge on any atom is 0.472 e. The summed E-state index contributed by atoms with van der Waals surface area (Å²) in [6, 6.07) is 0. The van der Waals surface area contributed by atoms with Gasteiger partial charge in [-0.15, -0.1) is 0 Å². The van der Waals surface area contributed by atoms with Crippen LogP contribution in [0.15, 0.2) is 158 Å². The quantitative estimate of drug-likeness (QED) is 0.0211. The molecule has 0 amide bonds. The molecule has 86 heavy (non-hydrogen) atoms. The molecule has 0 radical (unpaired) electrons. The predicted octanol–water partition coefficient (Wildman–Crippen LogP) is 22.4. The van der Waals surface area contributed by atoms with Crippen molar-refractivity contribution in [2.24, 2.45) is 0 Å². The fourth-order valence-electron chi connectivity index (χ4n) is 8.82. The number of quaternary nitrogens is 1. The van der Waals surface area contributed by atoms with E-state index in [-0.39, 0.29) is 32.0 Å². The van der Waals surface area contributed by atoms with Gasteiger partial charge in [-0.05, 0) is 128 Å². The van der Waals surface area contributed by atoms with Gasteiger partial charge >= 0.3 is 19.8 Å². The molecule has 0 aliphatic heterocycles. The van der Waals surface area contributed by atoms with Crippen LogP contribution >= 0.6 is 7.82 Å². The summed E-state index contributed by atoms with van der Waals surface area (Å²) < 4.78 is 34.7. The van der Waals surface area contributed by atoms with Gasteiger partial charge in [0.15, 0.2) is 6.10 Å². The first-order valence-electron chi connectivity index (χ1n) is 34.2. The molecule has 0 bridgehead atoms. The number of carbonyl (C=O) groups is 2. The zero-order valence-corrected chi connectivity index (χ0v) is 56.4. The molecular weight excluding hydrogens is 1090 g/mol. The van der Waals surface area contributed by atoms with Gasteiger partial charge in [0, 0.05) is 12.8 Å². The van der Waals surface area contributed by atoms with Gasteiger partial charge in [0.1, 0.15) is 19.8 Å². The Bertz CT molecular complexity index is 2010. The molecule has 0 aromatic rings. The molecule has 0 saturated heterocycles. The summed E-state index contributed by atoms with van der Waals surface area (Å²) in [7, 11) is 1.45. The minimum absolute atomic E-state index is 0.0206. The first-order chi connectivity index (χ1) is 42.0. The second-order valence-electron chi connectivity index (χ2n) is 23.5. The number of unbranched alkanes of at least 4 members (excludes halogenated alkanes) is 21. The highest BCUT2D eigenvalue weighted by atomic mass is 31.2. The summed E-state index contributed by atoms with van der Waals surface area (Å²) >= 11 is 0. The van der Waals surface area contributed by atoms with Crippen LogP contribution in [0.2, 0.25) is 0 Å². The first kappa shape index (κ1) is 81.6. The number of phosphoric ester groups is 1. The summed E-state index contributed by atoms with van der Waals surface area (Å²) in [5.41, 5.74) is 0. The van der Waals surface area contributed by atoms with E-state index in [1.54, 1.807) is 0 Å². The van der Waals surface area contributed by atoms with Crippen LogP contribution in [0.5, 0.6) is 0 Å². The number of esters is 2. The van der Waals surface area contributed by atoms with Crippen LogP contribution in [0.1, 0.15) is 258 Å². The van der Waals surface area contributed by atoms with Crippen molar-refractivity contribution in [2.75, 3.05) is 47.5 Å². The Morgan fingerprint density at radius 3 is 0.988 bits per heavy atom. The molecule has 0 fully saturated rings. The standard InChI is InChI=1S/C76H126NO8P/c1-6-8-10-12-14-16-18-20-22-24-26-28-30-31-32-33-34-35-36-37-38-39-40-41-42-43-44-45-47-49-51-53-55-57-59-61-63-65-67-69-76(79)85-74(73-84-86(80,81)83-71-70-77(3,4)5)72-82-75(78)68-66-64-62-60-58-56-54-52-50-48-46-29-27-25-23-21-19-17-15-13-11-9-7-2/h8,10,14,16,19-22,25-28,31-32,34-35,37-38,40-41,43-44,46-49,74H,6-7,9,11-13,15,17-18,23-24,29-30,33,36,39,42,45,50-73H2,1-5H3/p+1/b10-8-,16-14-,21-19-,22-20-,27-25-,28-26-,32-31-,35-34-,38-37-,41-40-,44-43-,48-46-,49-47-. The van der Waals surface area contributed by atoms with Gasteiger partial charge in [0.05, 0.1) is 27.7 Å². The minimum atomic E-state index is -4.41. The number of likely N-dealkylation sites (N-methyl/N-ethyl adjacent to an activating group) is 1. The number of ether oxygens (including phenoxy) is 2. The molecule has 0 aromatic heterocycles. The number of hydrogen-bond acceptors (Lipinski definition) is 7. The number of allylic oxidation sites excluding steroid dienone is 26. The molecule has 2 atom stereocenters. The second kappa shape index (κ2) is 65.1. The molecule has 2 unspecified atom stereocenters. The highest BCUT2D eigenvalue weighted by Gasteiger charge is 2.27. The van der Waals surface area contributed by atoms with E-state index in [0.717, 1.165) is 135 Å². The third-order valence-corrected chi connectivity index (χ3v) is 15.0. The van der Waals surface area contributed by atoms with Crippen LogP contribution in [0.4, 0.5) is 0 Å². The van der Waals surface area contributed by atoms with Crippen molar-refractivity contribution in [1.82, 2.24) is 0 Å². The van der Waals surface area contributed by atoms with E-state index in [9.17, 15) is 19.0 Å². The van der Waals surface area contributed by atoms with Crippen LogP contribution in [-0.2, 0) is 32.7 Å². The number of nitrogens with zero attached hydrogens (tertiary/aromatic N) is 1. The molecule has 0 aliphatic carbocycles. The summed E-state index contributed by atoms with van der Waals surface area (Å²) in [5.74, 6) is -0.823. The molecule has 0 rings (SSSR count). The van der Waals surface area contributed by atoms with E-state index in [4.69, 9.17) is 18.5 Å². The lowest BCUT2D eigenvalue weighted by molar-refractivity contribution is -0.870. The molecule has 10 heteroatoms. The van der Waals surface area contributed by atoms with Crippen molar-refractivity contribution in [1.29, 1.82) is 0 Å². The zero-order valence-electron chi connectivity index (χ0n) is 55.5. The van der Waals surface area contributed by atoms with E-state index in [1.165, 1.54) is 89.9 Å². The van der Waals surface area contributed by atoms with E-state index < -0.39 is 26.5 Å². The average Bonchev–Trinajstić information content (AvgIpc) is 3.56. The van der Waals surface area contributed by atoms with Gasteiger partial charge in [-0.2, -0.15) is 0 Å². The Labute approximate surface area is 528 Å². The molecule has 0 heterocycles. The van der Waals surface area contributed by atoms with Crippen molar-refractivity contribution >= 4 is 19.8 Å². The molecule has 9 nitrogen and oxygen atoms in total. The number of phosphoric acid groups is 1. The second-order valence-corrected chi connectivity index (χ2v) is 24.9. The number of hydrogen-bond donors (Lipinski definition) is 1. The SMILES string of the molecule is CC/C=C\C/C=C\C/C=C\C/C=C\C/C=C\C/C=C\C/C=C\C/C=C\C/C=C\C/C=C\CCCCCCCCCCC(=O)OC(COC(=O)CCCCCCCCCC/C=C\C/C=C\C/C=C\CCCCCCC)COP(=O)(O)OCC[N+](C)(C)C. The Balaban J connectivity index is 4.16. The smallest absolute Gasteiger partial charge is 0.462 e. The topological polar surface area (TPSA) is 108 Å². The molecule has 488 valence electrons. The normalized spacial score (nSPS) is 14.2. The Morgan fingerprint density at radius 1 is 0.372 bits per heavy atom. The molecule has 0 aliphatic rings. The highest BCUT2D eigenvalue weighted by Crippen LogP contribution is 2.43. The average molecular weight is 1210 g/mol. The summed E-state index contributed by atoms with van der Waals surface area (Å²) in [6.07, 6.45) is 97.6. The van der Waals surface area contributed by atoms with Gasteiger partial charge in [-0.3, -0.25) is 18.6 Å². The van der Waals surface area contributed by atoms with Crippen LogP contribution in [-0.4, -0.2) is 74.9 Å². The molecule has 0 aromatic carbocycles. The molecular formula is C76H127NO8P+. The van der Waals surface area contributed by atoms with Crippen LogP contribution < -0.4 is 0 Å². The van der Waals surface area contributed by atoms with Crippen molar-refractivity contribution < 1.29 is 42.1 Å². The van der Waals surface area contributed by atoms with E-state index in [0.29, 0.717) is 17.4 Å². The summed E-state index contributed by atoms with van der Waals surface area (Å²) in [5, 5.41) is 0. The van der Waals surface area contributed by atoms with Gasteiger partial charge in [0.25, 0.3) is 0 Å². The van der Waals surface area contributed by atoms with Crippen molar-refractivity contribution in [3.63, 3.8) is 0 Å². The highest BCUT2D eigenvalue weighted by molar-refractivity contribution is 7.47. The third-order valence-electron chi connectivity index (χ3n) is 14.0. The zero-order chi connectivity index (χ0) is 62.6. The monoisotopic (exact) mass is 1210 g/mol. The van der Waals surface area contributed by atoms with Crippen molar-refractivity contribution in [3.05, 3.63) is 158 Å². The van der Waals surface area contributed by atoms with Crippen molar-refractivity contribution in [3.8, 4) is 0 Å². The van der Waals surface area contributed by atoms with Crippen LogP contribution in [0, 0.1) is 0 Å². The van der Waals surface area contributed by atoms with Gasteiger partial charge in [-0.1, -0.05) is 275 Å².